The lowest BCUT2D eigenvalue weighted by Gasteiger charge is -2.34. The number of halogens is 2. The number of alkyl halides is 2. The molecule has 0 unspecified atom stereocenters. The van der Waals surface area contributed by atoms with Crippen molar-refractivity contribution in [1.82, 2.24) is 14.5 Å². The van der Waals surface area contributed by atoms with Crippen molar-refractivity contribution in [3.05, 3.63) is 120 Å². The molecule has 250 valence electrons. The van der Waals surface area contributed by atoms with Crippen LogP contribution in [0.1, 0.15) is 68.8 Å². The average Bonchev–Trinajstić information content (AvgIpc) is 3.73. The summed E-state index contributed by atoms with van der Waals surface area (Å²) in [6, 6.07) is 34.0. The van der Waals surface area contributed by atoms with E-state index in [2.05, 4.69) is 88.7 Å². The van der Waals surface area contributed by atoms with Gasteiger partial charge >= 0.3 is 6.61 Å². The number of fused-ring (bicyclic) bond motifs is 1. The molecule has 0 aliphatic carbocycles. The van der Waals surface area contributed by atoms with Gasteiger partial charge in [0, 0.05) is 30.8 Å². The second-order valence-corrected chi connectivity index (χ2v) is 12.2. The minimum atomic E-state index is -2.87. The quantitative estimate of drug-likeness (QED) is 0.106. The SMILES string of the molecule is CCCC[C@H](c1c(-c2ccccc2)nc(-c2ccccc2)n1CCCC)N(Cc1ccc(OC(F)F)cc1)Cc1ccc2c(c1)OCO2. The third-order valence-corrected chi connectivity index (χ3v) is 8.77. The van der Waals surface area contributed by atoms with Crippen LogP contribution in [0.15, 0.2) is 103 Å². The highest BCUT2D eigenvalue weighted by Crippen LogP contribution is 2.40. The van der Waals surface area contributed by atoms with Crippen LogP contribution < -0.4 is 14.2 Å². The van der Waals surface area contributed by atoms with Gasteiger partial charge in [-0.3, -0.25) is 4.90 Å². The molecule has 0 radical (unpaired) electrons. The van der Waals surface area contributed by atoms with Crippen LogP contribution in [0.4, 0.5) is 8.78 Å². The van der Waals surface area contributed by atoms with Gasteiger partial charge in [0.2, 0.25) is 6.79 Å². The van der Waals surface area contributed by atoms with Gasteiger partial charge in [-0.15, -0.1) is 0 Å². The van der Waals surface area contributed by atoms with Gasteiger partial charge in [-0.25, -0.2) is 4.98 Å². The van der Waals surface area contributed by atoms with Crippen LogP contribution in [0.5, 0.6) is 17.2 Å². The van der Waals surface area contributed by atoms with Gasteiger partial charge < -0.3 is 18.8 Å². The Morgan fingerprint density at radius 3 is 2.10 bits per heavy atom. The van der Waals surface area contributed by atoms with Gasteiger partial charge in [-0.2, -0.15) is 8.78 Å². The lowest BCUT2D eigenvalue weighted by atomic mass is 9.97. The van der Waals surface area contributed by atoms with Crippen molar-refractivity contribution in [3.8, 4) is 39.9 Å². The smallest absolute Gasteiger partial charge is 0.387 e. The summed E-state index contributed by atoms with van der Waals surface area (Å²) in [4.78, 5) is 7.92. The molecule has 0 bridgehead atoms. The maximum absolute atomic E-state index is 13.0. The van der Waals surface area contributed by atoms with Crippen molar-refractivity contribution in [2.75, 3.05) is 6.79 Å². The first-order valence-corrected chi connectivity index (χ1v) is 16.9. The number of nitrogens with zero attached hydrogens (tertiary/aromatic N) is 3. The van der Waals surface area contributed by atoms with E-state index >= 15 is 0 Å². The molecule has 0 fully saturated rings. The predicted molar refractivity (Wildman–Crippen MR) is 185 cm³/mol. The molecule has 1 aliphatic rings. The fraction of sp³-hybridized carbons (Fsp3) is 0.325. The first-order valence-electron chi connectivity index (χ1n) is 16.9. The highest BCUT2D eigenvalue weighted by atomic mass is 19.3. The van der Waals surface area contributed by atoms with Crippen LogP contribution in [0, 0.1) is 0 Å². The van der Waals surface area contributed by atoms with Crippen molar-refractivity contribution in [1.29, 1.82) is 0 Å². The molecule has 2 heterocycles. The fourth-order valence-corrected chi connectivity index (χ4v) is 6.41. The molecule has 4 aromatic carbocycles. The van der Waals surface area contributed by atoms with E-state index in [1.807, 2.05) is 30.3 Å². The van der Waals surface area contributed by atoms with E-state index in [-0.39, 0.29) is 18.6 Å². The Hall–Kier alpha value is -4.69. The molecule has 48 heavy (non-hydrogen) atoms. The second-order valence-electron chi connectivity index (χ2n) is 12.2. The Bertz CT molecular complexity index is 1740. The molecule has 6 nitrogen and oxygen atoms in total. The second kappa shape index (κ2) is 15.9. The summed E-state index contributed by atoms with van der Waals surface area (Å²) in [6.45, 7) is 3.86. The fourth-order valence-electron chi connectivity index (χ4n) is 6.41. The van der Waals surface area contributed by atoms with Crippen LogP contribution in [-0.4, -0.2) is 27.9 Å². The van der Waals surface area contributed by atoms with E-state index in [1.165, 1.54) is 5.69 Å². The molecule has 0 N–H and O–H groups in total. The summed E-state index contributed by atoms with van der Waals surface area (Å²) in [6.07, 6.45) is 5.06. The van der Waals surface area contributed by atoms with Crippen molar-refractivity contribution in [2.45, 2.75) is 78.2 Å². The summed E-state index contributed by atoms with van der Waals surface area (Å²) in [7, 11) is 0. The number of imidazole rings is 1. The van der Waals surface area contributed by atoms with Gasteiger partial charge in [-0.1, -0.05) is 112 Å². The molecule has 0 amide bonds. The van der Waals surface area contributed by atoms with Gasteiger partial charge in [0.25, 0.3) is 0 Å². The Balaban J connectivity index is 1.51. The average molecular weight is 652 g/mol. The monoisotopic (exact) mass is 651 g/mol. The van der Waals surface area contributed by atoms with Crippen LogP contribution in [-0.2, 0) is 19.6 Å². The summed E-state index contributed by atoms with van der Waals surface area (Å²) in [5, 5.41) is 0. The largest absolute Gasteiger partial charge is 0.454 e. The maximum Gasteiger partial charge on any atom is 0.387 e. The highest BCUT2D eigenvalue weighted by Gasteiger charge is 2.31. The molecule has 8 heteroatoms. The molecule has 6 rings (SSSR count). The molecule has 1 aliphatic heterocycles. The lowest BCUT2D eigenvalue weighted by molar-refractivity contribution is -0.0498. The van der Waals surface area contributed by atoms with E-state index in [9.17, 15) is 8.78 Å². The Kier molecular flexibility index (Phi) is 11.0. The number of rotatable bonds is 16. The zero-order valence-electron chi connectivity index (χ0n) is 27.7. The zero-order valence-corrected chi connectivity index (χ0v) is 27.7. The van der Waals surface area contributed by atoms with Crippen molar-refractivity contribution < 1.29 is 23.0 Å². The molecule has 0 saturated carbocycles. The molecule has 0 saturated heterocycles. The van der Waals surface area contributed by atoms with E-state index in [0.29, 0.717) is 13.1 Å². The third kappa shape index (κ3) is 7.88. The van der Waals surface area contributed by atoms with Crippen LogP contribution >= 0.6 is 0 Å². The first-order chi connectivity index (χ1) is 23.5. The Morgan fingerprint density at radius 1 is 0.771 bits per heavy atom. The molecular formula is C40H43F2N3O3. The van der Waals surface area contributed by atoms with Crippen molar-refractivity contribution in [2.24, 2.45) is 0 Å². The number of ether oxygens (including phenoxy) is 3. The Labute approximate surface area is 281 Å². The summed E-state index contributed by atoms with van der Waals surface area (Å²) >= 11 is 0. The van der Waals surface area contributed by atoms with Gasteiger partial charge in [0.05, 0.1) is 17.4 Å². The van der Waals surface area contributed by atoms with E-state index < -0.39 is 6.61 Å². The highest BCUT2D eigenvalue weighted by molar-refractivity contribution is 5.69. The summed E-state index contributed by atoms with van der Waals surface area (Å²) in [5.41, 5.74) is 6.45. The zero-order chi connectivity index (χ0) is 33.3. The van der Waals surface area contributed by atoms with Gasteiger partial charge in [0.1, 0.15) is 11.6 Å². The van der Waals surface area contributed by atoms with Crippen LogP contribution in [0.2, 0.25) is 0 Å². The number of hydrogen-bond acceptors (Lipinski definition) is 5. The van der Waals surface area contributed by atoms with Gasteiger partial charge in [0.15, 0.2) is 11.5 Å². The maximum atomic E-state index is 13.0. The third-order valence-electron chi connectivity index (χ3n) is 8.77. The normalized spacial score (nSPS) is 13.0. The van der Waals surface area contributed by atoms with E-state index in [4.69, 9.17) is 14.5 Å². The van der Waals surface area contributed by atoms with E-state index in [1.54, 1.807) is 12.1 Å². The summed E-state index contributed by atoms with van der Waals surface area (Å²) in [5.74, 6) is 2.61. The van der Waals surface area contributed by atoms with Gasteiger partial charge in [-0.05, 0) is 48.2 Å². The summed E-state index contributed by atoms with van der Waals surface area (Å²) < 4.78 is 44.4. The van der Waals surface area contributed by atoms with Crippen LogP contribution in [0.25, 0.3) is 22.6 Å². The molecule has 0 spiro atoms. The van der Waals surface area contributed by atoms with Crippen LogP contribution in [0.3, 0.4) is 0 Å². The number of unbranched alkanes of at least 4 members (excludes halogenated alkanes) is 2. The van der Waals surface area contributed by atoms with Crippen molar-refractivity contribution >= 4 is 0 Å². The Morgan fingerprint density at radius 2 is 1.42 bits per heavy atom. The minimum Gasteiger partial charge on any atom is -0.454 e. The number of hydrogen-bond donors (Lipinski definition) is 0. The van der Waals surface area contributed by atoms with E-state index in [0.717, 1.165) is 83.9 Å². The predicted octanol–water partition coefficient (Wildman–Crippen LogP) is 10.3. The number of aromatic nitrogens is 2. The topological polar surface area (TPSA) is 48.8 Å². The molecular weight excluding hydrogens is 608 g/mol. The van der Waals surface area contributed by atoms with Crippen molar-refractivity contribution in [3.63, 3.8) is 0 Å². The first kappa shape index (κ1) is 33.2. The standard InChI is InChI=1S/C40H43F2N3O3/c1-3-5-17-34(38-37(31-13-9-7-10-14-31)43-39(45(38)24-6-4-2)32-15-11-8-12-16-32)44(26-29-18-21-33(22-19-29)48-40(41)42)27-30-20-23-35-36(25-30)47-28-46-35/h7-16,18-23,25,34,40H,3-6,17,24,26-28H2,1-2H3/t34-/m1/s1. The minimum absolute atomic E-state index is 0.00983. The molecule has 5 aromatic rings. The number of benzene rings is 4. The molecule has 1 aromatic heterocycles. The molecule has 1 atom stereocenters. The lowest BCUT2D eigenvalue weighted by Crippen LogP contribution is -2.30.